The van der Waals surface area contributed by atoms with Crippen molar-refractivity contribution in [2.45, 2.75) is 42.2 Å². The summed E-state index contributed by atoms with van der Waals surface area (Å²) in [7, 11) is 1.84. The quantitative estimate of drug-likeness (QED) is 0.407. The second-order valence-electron chi connectivity index (χ2n) is 3.39. The van der Waals surface area contributed by atoms with E-state index in [-0.39, 0.29) is 0 Å². The molecule has 1 aliphatic rings. The van der Waals surface area contributed by atoms with Crippen LogP contribution in [0.3, 0.4) is 0 Å². The first kappa shape index (κ1) is 13.3. The Morgan fingerprint density at radius 1 is 1.08 bits per heavy atom. The molecule has 0 amide bonds. The molecule has 1 fully saturated rings. The van der Waals surface area contributed by atoms with Crippen molar-refractivity contribution in [3.05, 3.63) is 0 Å². The molecule has 0 saturated heterocycles. The zero-order valence-corrected chi connectivity index (χ0v) is 14.7. The van der Waals surface area contributed by atoms with Crippen molar-refractivity contribution in [1.29, 1.82) is 0 Å². The van der Waals surface area contributed by atoms with Crippen LogP contribution in [-0.2, 0) is 4.74 Å². The first-order chi connectivity index (χ1) is 6.05. The maximum absolute atomic E-state index is 5.57. The van der Waals surface area contributed by atoms with Crippen molar-refractivity contribution in [3.63, 3.8) is 0 Å². The van der Waals surface area contributed by atoms with E-state index in [1.165, 1.54) is 32.1 Å². The van der Waals surface area contributed by atoms with Crippen molar-refractivity contribution in [2.24, 2.45) is 0 Å². The van der Waals surface area contributed by atoms with Crippen LogP contribution in [0.4, 0.5) is 0 Å². The second-order valence-corrected chi connectivity index (χ2v) is 45.7. The molecule has 0 bridgehead atoms. The van der Waals surface area contributed by atoms with E-state index in [0.29, 0.717) is 10.1 Å². The molecule has 0 spiro atoms. The average Bonchev–Trinajstić information content (AvgIpc) is 2.26. The molecule has 0 aromatic rings. The van der Waals surface area contributed by atoms with Gasteiger partial charge in [-0.25, -0.2) is 0 Å². The summed E-state index contributed by atoms with van der Waals surface area (Å²) in [5, 5.41) is 0. The molecule has 0 unspecified atom stereocenters. The van der Waals surface area contributed by atoms with Crippen LogP contribution in [0.2, 0.25) is 3.97 Å². The topological polar surface area (TPSA) is 9.23 Å². The maximum atomic E-state index is 5.57. The van der Waals surface area contributed by atoms with Crippen LogP contribution < -0.4 is 0 Å². The normalized spacial score (nSPS) is 32.6. The van der Waals surface area contributed by atoms with Crippen LogP contribution in [0.25, 0.3) is 0 Å². The Kier molecular flexibility index (Phi) is 6.17. The minimum atomic E-state index is -2.08. The first-order valence-corrected chi connectivity index (χ1v) is 21.5. The Hall–Kier alpha value is 2.19. The van der Waals surface area contributed by atoms with Gasteiger partial charge in [-0.2, -0.15) is 0 Å². The summed E-state index contributed by atoms with van der Waals surface area (Å²) < 4.78 is 6.26. The van der Waals surface area contributed by atoms with Gasteiger partial charge in [-0.15, -0.1) is 0 Å². The van der Waals surface area contributed by atoms with Crippen LogP contribution in [-0.4, -0.2) is 24.8 Å². The molecule has 80 valence electrons. The molecule has 0 aromatic heterocycles. The summed E-state index contributed by atoms with van der Waals surface area (Å²) >= 11 is 9.32. The molecule has 1 rings (SSSR count). The fraction of sp³-hybridized carbons (Fsp3) is 1.00. The number of halogens is 3. The van der Waals surface area contributed by atoms with Crippen molar-refractivity contribution >= 4 is 49.8 Å². The van der Waals surface area contributed by atoms with Gasteiger partial charge in [0.15, 0.2) is 0 Å². The van der Waals surface area contributed by atoms with E-state index in [1.54, 1.807) is 0 Å². The van der Waals surface area contributed by atoms with Gasteiger partial charge in [0.2, 0.25) is 0 Å². The van der Waals surface area contributed by atoms with E-state index in [0.717, 1.165) is 0 Å². The predicted molar refractivity (Wildman–Crippen MR) is 70.2 cm³/mol. The molecule has 13 heavy (non-hydrogen) atoms. The van der Waals surface area contributed by atoms with Gasteiger partial charge >= 0.3 is 104 Å². The summed E-state index contributed by atoms with van der Waals surface area (Å²) in [6.45, 7) is 0. The first-order valence-electron chi connectivity index (χ1n) is 4.49. The number of ether oxygens (including phenoxy) is 1. The SMILES string of the molecule is CO[C@@H]1CCCCC[C@H]1[Te](Br)(Br)Br. The van der Waals surface area contributed by atoms with E-state index in [4.69, 9.17) is 4.74 Å². The number of hydrogen-bond acceptors (Lipinski definition) is 1. The second kappa shape index (κ2) is 6.06. The molecule has 1 aliphatic carbocycles. The standard InChI is InChI=1S/C8H15Br3OTe/c1-12-7-5-3-2-4-6-8(7)13(9,10)11/h7-8H,2-6H2,1H3/t7-,8-/m1/s1. The van der Waals surface area contributed by atoms with Crippen molar-refractivity contribution in [3.8, 4) is 0 Å². The third kappa shape index (κ3) is 4.28. The van der Waals surface area contributed by atoms with Gasteiger partial charge in [0.05, 0.1) is 0 Å². The van der Waals surface area contributed by atoms with Gasteiger partial charge in [-0.3, -0.25) is 0 Å². The molecule has 0 heterocycles. The van der Waals surface area contributed by atoms with Crippen LogP contribution in [0.1, 0.15) is 32.1 Å². The molecule has 0 N–H and O–H groups in total. The molecule has 1 saturated carbocycles. The summed E-state index contributed by atoms with van der Waals surface area (Å²) in [6, 6.07) is 0. The average molecular weight is 495 g/mol. The Morgan fingerprint density at radius 2 is 1.69 bits per heavy atom. The van der Waals surface area contributed by atoms with E-state index in [9.17, 15) is 0 Å². The van der Waals surface area contributed by atoms with Gasteiger partial charge in [0.25, 0.3) is 0 Å². The van der Waals surface area contributed by atoms with Crippen LogP contribution in [0, 0.1) is 0 Å². The molecule has 1 nitrogen and oxygen atoms in total. The molecular formula is C8H15Br3OTe. The Labute approximate surface area is 103 Å². The molecule has 0 radical (unpaired) electrons. The van der Waals surface area contributed by atoms with Gasteiger partial charge < -0.3 is 0 Å². The third-order valence-corrected chi connectivity index (χ3v) is 15.7. The van der Waals surface area contributed by atoms with E-state index in [2.05, 4.69) is 38.3 Å². The molecule has 0 aliphatic heterocycles. The zero-order valence-electron chi connectivity index (χ0n) is 7.64. The Morgan fingerprint density at radius 3 is 2.23 bits per heavy atom. The monoisotopic (exact) mass is 494 g/mol. The third-order valence-electron chi connectivity index (χ3n) is 2.54. The minimum absolute atomic E-state index is 0.446. The molecular weight excluding hydrogens is 479 g/mol. The van der Waals surface area contributed by atoms with Gasteiger partial charge in [-0.05, 0) is 0 Å². The number of rotatable bonds is 2. The summed E-state index contributed by atoms with van der Waals surface area (Å²) in [5.41, 5.74) is 0. The number of methoxy groups -OCH3 is 1. The van der Waals surface area contributed by atoms with Crippen molar-refractivity contribution in [1.82, 2.24) is 0 Å². The van der Waals surface area contributed by atoms with Crippen LogP contribution >= 0.6 is 38.3 Å². The Bertz CT molecular complexity index is 160. The van der Waals surface area contributed by atoms with E-state index in [1.807, 2.05) is 7.11 Å². The van der Waals surface area contributed by atoms with Crippen LogP contribution in [0.5, 0.6) is 0 Å². The van der Waals surface area contributed by atoms with Crippen LogP contribution in [0.15, 0.2) is 0 Å². The van der Waals surface area contributed by atoms with Gasteiger partial charge in [0.1, 0.15) is 0 Å². The summed E-state index contributed by atoms with van der Waals surface area (Å²) in [5.74, 6) is 0. The summed E-state index contributed by atoms with van der Waals surface area (Å²) in [4.78, 5) is 0. The Balaban J connectivity index is 2.65. The molecule has 2 atom stereocenters. The fourth-order valence-corrected chi connectivity index (χ4v) is 13.3. The van der Waals surface area contributed by atoms with Crippen molar-refractivity contribution in [2.75, 3.05) is 7.11 Å². The number of hydrogen-bond donors (Lipinski definition) is 0. The fourth-order valence-electron chi connectivity index (χ4n) is 1.81. The van der Waals surface area contributed by atoms with E-state index >= 15 is 0 Å². The molecule has 0 aromatic carbocycles. The van der Waals surface area contributed by atoms with Gasteiger partial charge in [-0.1, -0.05) is 0 Å². The summed E-state index contributed by atoms with van der Waals surface area (Å²) in [6.07, 6.45) is 6.99. The predicted octanol–water partition coefficient (Wildman–Crippen LogP) is 4.46. The van der Waals surface area contributed by atoms with Crippen molar-refractivity contribution < 1.29 is 4.74 Å². The molecule has 5 heteroatoms. The zero-order chi connectivity index (χ0) is 9.90. The van der Waals surface area contributed by atoms with Gasteiger partial charge in [0, 0.05) is 0 Å². The van der Waals surface area contributed by atoms with E-state index < -0.39 is 11.6 Å².